The summed E-state index contributed by atoms with van der Waals surface area (Å²) in [4.78, 5) is 26.9. The van der Waals surface area contributed by atoms with Gasteiger partial charge in [0, 0.05) is 44.5 Å². The topological polar surface area (TPSA) is 131 Å². The maximum absolute atomic E-state index is 15.0. The van der Waals surface area contributed by atoms with Gasteiger partial charge in [0.1, 0.15) is 29.1 Å². The molecule has 2 aromatic heterocycles. The van der Waals surface area contributed by atoms with Crippen LogP contribution in [0, 0.1) is 17.1 Å². The first-order valence-corrected chi connectivity index (χ1v) is 11.5. The average Bonchev–Trinajstić information content (AvgIpc) is 3.27. The summed E-state index contributed by atoms with van der Waals surface area (Å²) in [7, 11) is 3.12. The quantitative estimate of drug-likeness (QED) is 0.405. The highest BCUT2D eigenvalue weighted by molar-refractivity contribution is 5.96. The van der Waals surface area contributed by atoms with Gasteiger partial charge >= 0.3 is 0 Å². The van der Waals surface area contributed by atoms with Crippen molar-refractivity contribution in [3.05, 3.63) is 35.3 Å². The molecule has 184 valence electrons. The van der Waals surface area contributed by atoms with Crippen LogP contribution in [0.4, 0.5) is 21.8 Å². The van der Waals surface area contributed by atoms with E-state index in [1.54, 1.807) is 13.2 Å². The van der Waals surface area contributed by atoms with Gasteiger partial charge in [0.25, 0.3) is 5.91 Å². The number of rotatable bonds is 7. The zero-order valence-electron chi connectivity index (χ0n) is 20.2. The van der Waals surface area contributed by atoms with Crippen LogP contribution < -0.4 is 20.7 Å². The van der Waals surface area contributed by atoms with Gasteiger partial charge in [-0.25, -0.2) is 4.39 Å². The van der Waals surface area contributed by atoms with E-state index < -0.39 is 11.7 Å². The number of hydrogen-bond donors (Lipinski definition) is 4. The summed E-state index contributed by atoms with van der Waals surface area (Å²) < 4.78 is 20.5. The Morgan fingerprint density at radius 1 is 1.31 bits per heavy atom. The monoisotopic (exact) mass is 480 g/mol. The highest BCUT2D eigenvalue weighted by Crippen LogP contribution is 2.32. The third-order valence-corrected chi connectivity index (χ3v) is 6.26. The SMILES string of the molecule is CNc1nc(Nc2cc(F)c(C(=O)NC3CCN(C(C)C)CC3)cc2OC)nc2[nH]cc(C#N)c12. The molecule has 0 saturated carbocycles. The van der Waals surface area contributed by atoms with Gasteiger partial charge in [0.05, 0.1) is 29.3 Å². The first-order valence-electron chi connectivity index (χ1n) is 11.5. The summed E-state index contributed by atoms with van der Waals surface area (Å²) in [5.41, 5.74) is 1.03. The van der Waals surface area contributed by atoms with E-state index in [1.165, 1.54) is 19.2 Å². The molecule has 4 N–H and O–H groups in total. The number of hydrogen-bond acceptors (Lipinski definition) is 8. The summed E-state index contributed by atoms with van der Waals surface area (Å²) in [5, 5.41) is 18.7. The second-order valence-electron chi connectivity index (χ2n) is 8.72. The number of ether oxygens (including phenoxy) is 1. The van der Waals surface area contributed by atoms with Crippen LogP contribution in [-0.2, 0) is 0 Å². The summed E-state index contributed by atoms with van der Waals surface area (Å²) >= 11 is 0. The Balaban J connectivity index is 1.54. The molecule has 11 heteroatoms. The Bertz CT molecular complexity index is 1270. The summed E-state index contributed by atoms with van der Waals surface area (Å²) in [6, 6.07) is 5.12. The van der Waals surface area contributed by atoms with Gasteiger partial charge in [-0.15, -0.1) is 0 Å². The number of piperidine rings is 1. The number of nitrogens with zero attached hydrogens (tertiary/aromatic N) is 4. The van der Waals surface area contributed by atoms with E-state index in [0.29, 0.717) is 28.5 Å². The molecule has 0 atom stereocenters. The molecule has 35 heavy (non-hydrogen) atoms. The fourth-order valence-corrected chi connectivity index (χ4v) is 4.30. The number of anilines is 3. The van der Waals surface area contributed by atoms with Crippen molar-refractivity contribution in [3.63, 3.8) is 0 Å². The first kappa shape index (κ1) is 24.2. The molecule has 1 amide bonds. The number of nitrogens with one attached hydrogen (secondary N) is 4. The molecular formula is C24H29FN8O2. The van der Waals surface area contributed by atoms with Crippen molar-refractivity contribution in [3.8, 4) is 11.8 Å². The zero-order chi connectivity index (χ0) is 25.1. The van der Waals surface area contributed by atoms with E-state index >= 15 is 4.39 Å². The number of halogens is 1. The van der Waals surface area contributed by atoms with Gasteiger partial charge in [-0.3, -0.25) is 4.79 Å². The molecule has 0 bridgehead atoms. The number of carbonyl (C=O) groups excluding carboxylic acids is 1. The lowest BCUT2D eigenvalue weighted by Gasteiger charge is -2.34. The van der Waals surface area contributed by atoms with Crippen LogP contribution in [0.15, 0.2) is 18.3 Å². The normalized spacial score (nSPS) is 14.7. The van der Waals surface area contributed by atoms with Crippen LogP contribution in [0.3, 0.4) is 0 Å². The third-order valence-electron chi connectivity index (χ3n) is 6.26. The lowest BCUT2D eigenvalue weighted by Crippen LogP contribution is -2.46. The predicted octanol–water partition coefficient (Wildman–Crippen LogP) is 3.37. The number of fused-ring (bicyclic) bond motifs is 1. The molecule has 10 nitrogen and oxygen atoms in total. The van der Waals surface area contributed by atoms with Gasteiger partial charge in [0.2, 0.25) is 5.95 Å². The van der Waals surface area contributed by atoms with Crippen LogP contribution in [0.5, 0.6) is 5.75 Å². The summed E-state index contributed by atoms with van der Waals surface area (Å²) in [6.07, 6.45) is 3.19. The maximum atomic E-state index is 15.0. The van der Waals surface area contributed by atoms with Crippen molar-refractivity contribution in [1.29, 1.82) is 5.26 Å². The van der Waals surface area contributed by atoms with Gasteiger partial charge in [0.15, 0.2) is 0 Å². The number of aromatic amines is 1. The third kappa shape index (κ3) is 4.97. The van der Waals surface area contributed by atoms with E-state index in [9.17, 15) is 10.1 Å². The van der Waals surface area contributed by atoms with Crippen molar-refractivity contribution in [1.82, 2.24) is 25.2 Å². The van der Waals surface area contributed by atoms with Crippen molar-refractivity contribution < 1.29 is 13.9 Å². The van der Waals surface area contributed by atoms with Crippen LogP contribution in [0.1, 0.15) is 42.6 Å². The zero-order valence-corrected chi connectivity index (χ0v) is 20.2. The Morgan fingerprint density at radius 3 is 2.69 bits per heavy atom. The Kier molecular flexibility index (Phi) is 7.02. The number of H-pyrrole nitrogens is 1. The summed E-state index contributed by atoms with van der Waals surface area (Å²) in [5.74, 6) is -0.285. The molecule has 0 spiro atoms. The van der Waals surface area contributed by atoms with Crippen LogP contribution >= 0.6 is 0 Å². The minimum Gasteiger partial charge on any atom is -0.495 e. The number of carbonyl (C=O) groups is 1. The number of benzene rings is 1. The maximum Gasteiger partial charge on any atom is 0.254 e. The van der Waals surface area contributed by atoms with Gasteiger partial charge in [-0.1, -0.05) is 0 Å². The summed E-state index contributed by atoms with van der Waals surface area (Å²) in [6.45, 7) is 6.10. The number of amides is 1. The van der Waals surface area contributed by atoms with Crippen LogP contribution in [-0.4, -0.2) is 65.1 Å². The fourth-order valence-electron chi connectivity index (χ4n) is 4.30. The van der Waals surface area contributed by atoms with Crippen molar-refractivity contribution in [2.45, 2.75) is 38.8 Å². The highest BCUT2D eigenvalue weighted by atomic mass is 19.1. The number of aromatic nitrogens is 3. The first-order chi connectivity index (χ1) is 16.8. The Morgan fingerprint density at radius 2 is 2.06 bits per heavy atom. The van der Waals surface area contributed by atoms with Crippen molar-refractivity contribution in [2.24, 2.45) is 0 Å². The molecule has 1 aromatic carbocycles. The van der Waals surface area contributed by atoms with Gasteiger partial charge in [-0.2, -0.15) is 15.2 Å². The molecule has 4 rings (SSSR count). The van der Waals surface area contributed by atoms with Crippen molar-refractivity contribution >= 4 is 34.4 Å². The van der Waals surface area contributed by atoms with Crippen LogP contribution in [0.2, 0.25) is 0 Å². The molecule has 1 aliphatic heterocycles. The number of nitriles is 1. The molecule has 1 saturated heterocycles. The minimum absolute atomic E-state index is 0.000105. The van der Waals surface area contributed by atoms with Crippen LogP contribution in [0.25, 0.3) is 11.0 Å². The standard InChI is InChI=1S/C24H29FN8O2/c1-13(2)33-7-5-15(6-8-33)29-23(34)16-9-19(35-4)18(10-17(16)25)30-24-31-21(27-3)20-14(11-26)12-28-22(20)32-24/h9-10,12-13,15H,5-8H2,1-4H3,(H,29,34)(H3,27,28,30,31,32). The molecule has 1 aliphatic rings. The molecule has 1 fully saturated rings. The molecule has 3 heterocycles. The van der Waals surface area contributed by atoms with E-state index in [1.807, 2.05) is 0 Å². The Hall–Kier alpha value is -3.91. The second kappa shape index (κ2) is 10.1. The Labute approximate surface area is 202 Å². The predicted molar refractivity (Wildman–Crippen MR) is 132 cm³/mol. The molecule has 3 aromatic rings. The van der Waals surface area contributed by atoms with Gasteiger partial charge < -0.3 is 30.6 Å². The fraction of sp³-hybridized carbons (Fsp3) is 0.417. The van der Waals surface area contributed by atoms with E-state index in [2.05, 4.69) is 55.7 Å². The minimum atomic E-state index is -0.688. The molecule has 0 radical (unpaired) electrons. The lowest BCUT2D eigenvalue weighted by molar-refractivity contribution is 0.0896. The van der Waals surface area contributed by atoms with E-state index in [4.69, 9.17) is 4.74 Å². The second-order valence-corrected chi connectivity index (χ2v) is 8.72. The number of likely N-dealkylation sites (tertiary alicyclic amines) is 1. The van der Waals surface area contributed by atoms with E-state index in [0.717, 1.165) is 25.9 Å². The number of methoxy groups -OCH3 is 1. The van der Waals surface area contributed by atoms with Gasteiger partial charge in [-0.05, 0) is 32.8 Å². The lowest BCUT2D eigenvalue weighted by atomic mass is 10.0. The smallest absolute Gasteiger partial charge is 0.254 e. The average molecular weight is 481 g/mol. The molecule has 0 aliphatic carbocycles. The largest absolute Gasteiger partial charge is 0.495 e. The molecular weight excluding hydrogens is 451 g/mol. The highest BCUT2D eigenvalue weighted by Gasteiger charge is 2.24. The van der Waals surface area contributed by atoms with Crippen molar-refractivity contribution in [2.75, 3.05) is 37.9 Å². The van der Waals surface area contributed by atoms with E-state index in [-0.39, 0.29) is 29.0 Å². The molecule has 0 unspecified atom stereocenters.